The molecule has 0 spiro atoms. The van der Waals surface area contributed by atoms with Gasteiger partial charge in [-0.15, -0.1) is 0 Å². The minimum absolute atomic E-state index is 0.0248. The number of esters is 1. The third kappa shape index (κ3) is 6.99. The van der Waals surface area contributed by atoms with Gasteiger partial charge in [0.2, 0.25) is 5.91 Å². The molecule has 7 aliphatic carbocycles. The van der Waals surface area contributed by atoms with Gasteiger partial charge in [0.25, 0.3) is 5.91 Å². The molecular weight excluding hydrogens is 862 g/mol. The van der Waals surface area contributed by atoms with Gasteiger partial charge in [0.15, 0.2) is 5.78 Å². The van der Waals surface area contributed by atoms with E-state index < -0.39 is 51.9 Å². The fraction of sp³-hybridized carbons (Fsp3) is 0.698. The van der Waals surface area contributed by atoms with Crippen LogP contribution in [0.5, 0.6) is 0 Å². The van der Waals surface area contributed by atoms with Crippen LogP contribution in [0.15, 0.2) is 41.5 Å². The van der Waals surface area contributed by atoms with Crippen molar-refractivity contribution < 1.29 is 47.0 Å². The molecule has 1 aromatic heterocycles. The number of fused-ring (bicyclic) bond motifs is 7. The van der Waals surface area contributed by atoms with Crippen LogP contribution >= 0.6 is 0 Å². The van der Waals surface area contributed by atoms with Crippen molar-refractivity contribution in [1.29, 1.82) is 0 Å². The second kappa shape index (κ2) is 15.5. The van der Waals surface area contributed by atoms with Crippen LogP contribution in [0.1, 0.15) is 162 Å². The molecular formula is C53H69F3N4O7. The molecule has 9 rings (SSSR count). The molecule has 364 valence electrons. The van der Waals surface area contributed by atoms with E-state index in [1.165, 1.54) is 18.2 Å². The van der Waals surface area contributed by atoms with Crippen LogP contribution in [-0.4, -0.2) is 62.0 Å². The number of carboxylic acids is 1. The van der Waals surface area contributed by atoms with E-state index in [0.717, 1.165) is 74.6 Å². The van der Waals surface area contributed by atoms with Crippen molar-refractivity contribution in [3.63, 3.8) is 0 Å². The molecule has 1 aromatic carbocycles. The number of nitrogens with zero attached hydrogens (tertiary/aromatic N) is 1. The number of Topliss-reactive ketones (excluding diaryl/α,β-unsaturated/α-hetero) is 1. The smallest absolute Gasteiger partial charge is 0.416 e. The number of ether oxygens (including phenoxy) is 1. The van der Waals surface area contributed by atoms with E-state index >= 15 is 0 Å². The second-order valence-corrected chi connectivity index (χ2v) is 24.2. The summed E-state index contributed by atoms with van der Waals surface area (Å²) < 4.78 is 46.0. The van der Waals surface area contributed by atoms with Crippen LogP contribution in [-0.2, 0) is 30.1 Å². The number of halogens is 3. The third-order valence-electron chi connectivity index (χ3n) is 20.2. The first-order valence-corrected chi connectivity index (χ1v) is 24.7. The summed E-state index contributed by atoms with van der Waals surface area (Å²) in [7, 11) is 0. The number of hydrogen-bond acceptors (Lipinski definition) is 7. The number of H-pyrrole nitrogens is 1. The van der Waals surface area contributed by atoms with Gasteiger partial charge in [-0.2, -0.15) is 18.3 Å². The number of benzene rings is 1. The first-order chi connectivity index (χ1) is 31.1. The Hall–Kier alpha value is -4.49. The predicted octanol–water partition coefficient (Wildman–Crippen LogP) is 10.3. The van der Waals surface area contributed by atoms with Crippen LogP contribution in [0.2, 0.25) is 0 Å². The van der Waals surface area contributed by atoms with Crippen LogP contribution < -0.4 is 10.6 Å². The van der Waals surface area contributed by atoms with E-state index in [2.05, 4.69) is 69.3 Å². The summed E-state index contributed by atoms with van der Waals surface area (Å²) in [5.41, 5.74) is -1.37. The Morgan fingerprint density at radius 1 is 0.821 bits per heavy atom. The molecule has 4 N–H and O–H groups in total. The number of allylic oxidation sites excluding steroid dienone is 1. The first kappa shape index (κ1) is 47.6. The van der Waals surface area contributed by atoms with Crippen molar-refractivity contribution in [3.8, 4) is 11.3 Å². The number of aromatic amines is 1. The highest BCUT2D eigenvalue weighted by molar-refractivity contribution is 6.04. The molecule has 67 heavy (non-hydrogen) atoms. The molecule has 2 amide bonds. The summed E-state index contributed by atoms with van der Waals surface area (Å²) in [6.07, 6.45) is 4.27. The van der Waals surface area contributed by atoms with Gasteiger partial charge in [0.05, 0.1) is 28.6 Å². The normalized spacial score (nSPS) is 36.9. The van der Waals surface area contributed by atoms with E-state index in [1.807, 2.05) is 13.8 Å². The maximum Gasteiger partial charge on any atom is 0.416 e. The van der Waals surface area contributed by atoms with E-state index in [9.17, 15) is 42.3 Å². The highest BCUT2D eigenvalue weighted by Crippen LogP contribution is 2.76. The number of alkyl halides is 3. The van der Waals surface area contributed by atoms with Crippen molar-refractivity contribution in [3.05, 3.63) is 52.7 Å². The monoisotopic (exact) mass is 931 g/mol. The lowest BCUT2D eigenvalue weighted by Crippen LogP contribution is -2.70. The van der Waals surface area contributed by atoms with Crippen molar-refractivity contribution in [1.82, 2.24) is 20.8 Å². The summed E-state index contributed by atoms with van der Waals surface area (Å²) >= 11 is 0. The third-order valence-corrected chi connectivity index (χ3v) is 20.2. The molecule has 0 saturated heterocycles. The second-order valence-electron chi connectivity index (χ2n) is 24.2. The number of aliphatic carboxylic acids is 1. The standard InChI is InChI=1S/C53H69F3N4O7/c1-28(2)40-36(61)27-52(58-45(66)51(19-10-20-51)57-42(62)35-26-34(59-60-35)29-11-13-30(14-12-29)53(54,55)56)24-23-49(8)31(41(40)52)15-16-38-48(7)21-18-39(47(5,6)37(48)17-22-50(38,49)9)67-44(65)33-25-32(43(63)64)46(33,3)4/h11-14,26,28,31-33,37-39H,10,15-25,27H2,1-9H3,(H,57,62)(H,58,66)(H,59,60)(H,63,64)/t31-,32+,33-,37+,38-,39+,48+,49-,50-,52-/m1/s1. The Bertz CT molecular complexity index is 2430. The molecule has 10 atom stereocenters. The van der Waals surface area contributed by atoms with Crippen LogP contribution in [0, 0.1) is 62.6 Å². The zero-order valence-corrected chi connectivity index (χ0v) is 40.6. The number of carbonyl (C=O) groups is 5. The number of amides is 2. The van der Waals surface area contributed by atoms with E-state index in [0.29, 0.717) is 48.8 Å². The molecule has 1 heterocycles. The maximum atomic E-state index is 14.8. The summed E-state index contributed by atoms with van der Waals surface area (Å²) in [6, 6.07) is 6.01. The predicted molar refractivity (Wildman–Crippen MR) is 244 cm³/mol. The van der Waals surface area contributed by atoms with Gasteiger partial charge in [-0.1, -0.05) is 74.4 Å². The quantitative estimate of drug-likeness (QED) is 0.180. The Morgan fingerprint density at radius 2 is 1.51 bits per heavy atom. The number of carbonyl (C=O) groups excluding carboxylic acids is 4. The van der Waals surface area contributed by atoms with Crippen molar-refractivity contribution in [2.24, 2.45) is 62.6 Å². The largest absolute Gasteiger partial charge is 0.481 e. The number of aromatic nitrogens is 2. The van der Waals surface area contributed by atoms with E-state index in [4.69, 9.17) is 4.74 Å². The lowest BCUT2D eigenvalue weighted by Gasteiger charge is -2.72. The molecule has 6 saturated carbocycles. The number of nitrogens with one attached hydrogen (secondary N) is 3. The summed E-state index contributed by atoms with van der Waals surface area (Å²) in [5, 5.41) is 23.1. The van der Waals surface area contributed by atoms with Crippen molar-refractivity contribution in [2.75, 3.05) is 0 Å². The lowest BCUT2D eigenvalue weighted by molar-refractivity contribution is -0.235. The Balaban J connectivity index is 0.937. The summed E-state index contributed by atoms with van der Waals surface area (Å²) in [4.78, 5) is 68.5. The summed E-state index contributed by atoms with van der Waals surface area (Å²) in [6.45, 7) is 19.8. The Kier molecular flexibility index (Phi) is 11.0. The van der Waals surface area contributed by atoms with Crippen LogP contribution in [0.25, 0.3) is 11.3 Å². The highest BCUT2D eigenvalue weighted by atomic mass is 19.4. The Labute approximate surface area is 392 Å². The average Bonchev–Trinajstić information content (AvgIpc) is 3.83. The van der Waals surface area contributed by atoms with Crippen LogP contribution in [0.3, 0.4) is 0 Å². The first-order valence-electron chi connectivity index (χ1n) is 24.7. The zero-order chi connectivity index (χ0) is 48.7. The molecule has 0 radical (unpaired) electrons. The molecule has 14 heteroatoms. The van der Waals surface area contributed by atoms with Gasteiger partial charge in [-0.05, 0) is 152 Å². The molecule has 7 aliphatic rings. The van der Waals surface area contributed by atoms with Gasteiger partial charge >= 0.3 is 18.1 Å². The van der Waals surface area contributed by atoms with Crippen LogP contribution in [0.4, 0.5) is 13.2 Å². The van der Waals surface area contributed by atoms with E-state index in [-0.39, 0.29) is 69.4 Å². The number of ketones is 1. The molecule has 0 unspecified atom stereocenters. The van der Waals surface area contributed by atoms with Gasteiger partial charge in [-0.25, -0.2) is 0 Å². The van der Waals surface area contributed by atoms with Gasteiger partial charge < -0.3 is 20.5 Å². The topological polar surface area (TPSA) is 168 Å². The average molecular weight is 931 g/mol. The number of rotatable bonds is 9. The Morgan fingerprint density at radius 3 is 2.10 bits per heavy atom. The molecule has 11 nitrogen and oxygen atoms in total. The number of carboxylic acid groups (broad SMARTS) is 1. The van der Waals surface area contributed by atoms with Crippen molar-refractivity contribution >= 4 is 29.5 Å². The van der Waals surface area contributed by atoms with Crippen molar-refractivity contribution in [2.45, 2.75) is 169 Å². The fourth-order valence-electron chi connectivity index (χ4n) is 15.9. The maximum absolute atomic E-state index is 14.8. The molecule has 0 bridgehead atoms. The highest BCUT2D eigenvalue weighted by Gasteiger charge is 2.71. The molecule has 0 aliphatic heterocycles. The lowest BCUT2D eigenvalue weighted by atomic mass is 9.33. The molecule has 2 aromatic rings. The zero-order valence-electron chi connectivity index (χ0n) is 40.6. The fourth-order valence-corrected chi connectivity index (χ4v) is 15.9. The van der Waals surface area contributed by atoms with Gasteiger partial charge in [0.1, 0.15) is 17.3 Å². The number of hydrogen-bond donors (Lipinski definition) is 4. The van der Waals surface area contributed by atoms with Gasteiger partial charge in [-0.3, -0.25) is 29.1 Å². The minimum atomic E-state index is -4.48. The SMILES string of the molecule is CC(C)C1=C2[C@H]3CC[C@@H]4[C@@]5(C)CC[C@H](OC(=O)[C@H]6C[C@@H](C(=O)O)C6(C)C)C(C)(C)[C@@H]5CC[C@@]4(C)[C@]3(C)CC[C@@]2(NC(=O)C2(NC(=O)c3cc(-c4ccc(C(F)(F)F)cc4)n[nH]3)CCC2)CC1=O. The molecule has 6 fully saturated rings. The minimum Gasteiger partial charge on any atom is -0.481 e. The van der Waals surface area contributed by atoms with E-state index in [1.54, 1.807) is 0 Å². The summed E-state index contributed by atoms with van der Waals surface area (Å²) in [5.74, 6) is -2.18. The van der Waals surface area contributed by atoms with Gasteiger partial charge in [0, 0.05) is 17.4 Å².